The van der Waals surface area contributed by atoms with Gasteiger partial charge in [0.15, 0.2) is 0 Å². The monoisotopic (exact) mass is 471 g/mol. The van der Waals surface area contributed by atoms with Crippen molar-refractivity contribution < 1.29 is 13.2 Å². The number of piperidine rings is 1. The molecule has 1 aromatic carbocycles. The summed E-state index contributed by atoms with van der Waals surface area (Å²) in [7, 11) is -3.27. The summed E-state index contributed by atoms with van der Waals surface area (Å²) in [6, 6.07) is 16.8. The van der Waals surface area contributed by atoms with Gasteiger partial charge in [0.05, 0.1) is 19.0 Å². The maximum Gasteiger partial charge on any atom is 0.208 e. The zero-order valence-corrected chi connectivity index (χ0v) is 20.6. The van der Waals surface area contributed by atoms with Crippen LogP contribution in [0.3, 0.4) is 0 Å². The first-order valence-corrected chi connectivity index (χ1v) is 14.1. The summed E-state index contributed by atoms with van der Waals surface area (Å²) in [5.74, 6) is 1.68. The van der Waals surface area contributed by atoms with E-state index in [4.69, 9.17) is 9.72 Å². The molecular weight excluding hydrogens is 434 g/mol. The normalized spacial score (nSPS) is 26.3. The Morgan fingerprint density at radius 3 is 2.48 bits per heavy atom. The van der Waals surface area contributed by atoms with Crippen molar-refractivity contribution >= 4 is 15.8 Å². The van der Waals surface area contributed by atoms with E-state index in [9.17, 15) is 8.42 Å². The maximum atomic E-state index is 12.0. The minimum absolute atomic E-state index is 0.0902. The number of benzene rings is 1. The molecule has 0 spiro atoms. The van der Waals surface area contributed by atoms with Crippen molar-refractivity contribution in [2.24, 2.45) is 5.92 Å². The van der Waals surface area contributed by atoms with E-state index in [0.717, 1.165) is 63.1 Å². The summed E-state index contributed by atoms with van der Waals surface area (Å²) >= 11 is 0. The van der Waals surface area contributed by atoms with Crippen LogP contribution < -0.4 is 9.62 Å². The highest BCUT2D eigenvalue weighted by molar-refractivity contribution is 7.88. The number of ether oxygens (including phenoxy) is 1. The number of anilines is 1. The van der Waals surface area contributed by atoms with E-state index < -0.39 is 10.0 Å². The second kappa shape index (κ2) is 11.0. The number of aryl methyl sites for hydroxylation is 1. The SMILES string of the molecule is CCc1cccc(N2CC[C@H](NS(C)(=O)=O)[C@H](CO[C@H]3CC[C@@H](c4ccccc4)CC3)C2)n1. The third-order valence-electron chi connectivity index (χ3n) is 7.07. The summed E-state index contributed by atoms with van der Waals surface area (Å²) in [5.41, 5.74) is 2.50. The van der Waals surface area contributed by atoms with E-state index in [1.807, 2.05) is 12.1 Å². The molecule has 6 nitrogen and oxygen atoms in total. The lowest BCUT2D eigenvalue weighted by atomic mass is 9.82. The van der Waals surface area contributed by atoms with Gasteiger partial charge in [0.25, 0.3) is 0 Å². The van der Waals surface area contributed by atoms with Crippen LogP contribution in [0, 0.1) is 5.92 Å². The van der Waals surface area contributed by atoms with Crippen molar-refractivity contribution in [2.75, 3.05) is 30.9 Å². The van der Waals surface area contributed by atoms with Crippen LogP contribution in [0.15, 0.2) is 48.5 Å². The molecular formula is C26H37N3O3S. The third-order valence-corrected chi connectivity index (χ3v) is 7.80. The molecule has 1 saturated carbocycles. The first-order chi connectivity index (χ1) is 15.9. The molecule has 4 rings (SSSR count). The molecule has 1 aliphatic carbocycles. The molecule has 1 saturated heterocycles. The number of aromatic nitrogens is 1. The molecule has 1 aromatic heterocycles. The summed E-state index contributed by atoms with van der Waals surface area (Å²) in [6.07, 6.45) is 7.54. The third kappa shape index (κ3) is 6.78. The zero-order valence-electron chi connectivity index (χ0n) is 19.8. The fraction of sp³-hybridized carbons (Fsp3) is 0.577. The van der Waals surface area contributed by atoms with Crippen molar-refractivity contribution in [3.63, 3.8) is 0 Å². The van der Waals surface area contributed by atoms with Crippen LogP contribution in [0.4, 0.5) is 5.82 Å². The van der Waals surface area contributed by atoms with Gasteiger partial charge in [0, 0.05) is 30.7 Å². The number of rotatable bonds is 8. The van der Waals surface area contributed by atoms with Gasteiger partial charge < -0.3 is 9.64 Å². The molecule has 180 valence electrons. The summed E-state index contributed by atoms with van der Waals surface area (Å²) in [6.45, 7) is 4.20. The Bertz CT molecular complexity index is 991. The van der Waals surface area contributed by atoms with Crippen LogP contribution in [0.1, 0.15) is 56.2 Å². The van der Waals surface area contributed by atoms with Crippen LogP contribution in [0.5, 0.6) is 0 Å². The Hall–Kier alpha value is -1.96. The predicted octanol–water partition coefficient (Wildman–Crippen LogP) is 4.13. The largest absolute Gasteiger partial charge is 0.378 e. The van der Waals surface area contributed by atoms with E-state index in [0.29, 0.717) is 12.5 Å². The van der Waals surface area contributed by atoms with Gasteiger partial charge in [-0.25, -0.2) is 18.1 Å². The second-order valence-electron chi connectivity index (χ2n) is 9.55. The van der Waals surface area contributed by atoms with Crippen molar-refractivity contribution in [2.45, 2.75) is 63.5 Å². The highest BCUT2D eigenvalue weighted by Gasteiger charge is 2.33. The van der Waals surface area contributed by atoms with Crippen LogP contribution in [-0.4, -0.2) is 51.5 Å². The Morgan fingerprint density at radius 2 is 1.79 bits per heavy atom. The maximum absolute atomic E-state index is 12.0. The van der Waals surface area contributed by atoms with E-state index in [1.54, 1.807) is 0 Å². The number of hydrogen-bond donors (Lipinski definition) is 1. The molecule has 1 aliphatic heterocycles. The van der Waals surface area contributed by atoms with Gasteiger partial charge >= 0.3 is 0 Å². The van der Waals surface area contributed by atoms with Crippen molar-refractivity contribution in [1.29, 1.82) is 0 Å². The van der Waals surface area contributed by atoms with Crippen LogP contribution in [0.2, 0.25) is 0 Å². The average Bonchev–Trinajstić information content (AvgIpc) is 2.83. The van der Waals surface area contributed by atoms with E-state index in [-0.39, 0.29) is 18.1 Å². The van der Waals surface area contributed by atoms with Crippen molar-refractivity contribution in [3.8, 4) is 0 Å². The van der Waals surface area contributed by atoms with Gasteiger partial charge in [-0.1, -0.05) is 43.3 Å². The molecule has 0 bridgehead atoms. The summed E-state index contributed by atoms with van der Waals surface area (Å²) in [4.78, 5) is 7.06. The van der Waals surface area contributed by atoms with E-state index in [2.05, 4.69) is 52.9 Å². The molecule has 0 amide bonds. The molecule has 2 atom stereocenters. The molecule has 7 heteroatoms. The first kappa shape index (κ1) is 24.2. The smallest absolute Gasteiger partial charge is 0.208 e. The van der Waals surface area contributed by atoms with Crippen LogP contribution in [-0.2, 0) is 21.2 Å². The van der Waals surface area contributed by atoms with Gasteiger partial charge in [0.1, 0.15) is 5.82 Å². The lowest BCUT2D eigenvalue weighted by molar-refractivity contribution is -0.00213. The molecule has 1 N–H and O–H groups in total. The highest BCUT2D eigenvalue weighted by Crippen LogP contribution is 2.34. The summed E-state index contributed by atoms with van der Waals surface area (Å²) in [5, 5.41) is 0. The van der Waals surface area contributed by atoms with Crippen molar-refractivity contribution in [3.05, 3.63) is 59.8 Å². The average molecular weight is 472 g/mol. The van der Waals surface area contributed by atoms with Gasteiger partial charge in [-0.3, -0.25) is 0 Å². The molecule has 0 unspecified atom stereocenters. The number of pyridine rings is 1. The van der Waals surface area contributed by atoms with Crippen molar-refractivity contribution in [1.82, 2.24) is 9.71 Å². The number of nitrogens with one attached hydrogen (secondary N) is 1. The molecule has 2 aliphatic rings. The predicted molar refractivity (Wildman–Crippen MR) is 133 cm³/mol. The Morgan fingerprint density at radius 1 is 1.03 bits per heavy atom. The lowest BCUT2D eigenvalue weighted by Crippen LogP contribution is -2.52. The molecule has 2 aromatic rings. The highest BCUT2D eigenvalue weighted by atomic mass is 32.2. The van der Waals surface area contributed by atoms with Crippen LogP contribution >= 0.6 is 0 Å². The number of sulfonamides is 1. The van der Waals surface area contributed by atoms with Gasteiger partial charge in [-0.15, -0.1) is 0 Å². The fourth-order valence-electron chi connectivity index (χ4n) is 5.23. The number of nitrogens with zero attached hydrogens (tertiary/aromatic N) is 2. The second-order valence-corrected chi connectivity index (χ2v) is 11.3. The van der Waals surface area contributed by atoms with Gasteiger partial charge in [-0.2, -0.15) is 0 Å². The fourth-order valence-corrected chi connectivity index (χ4v) is 6.09. The topological polar surface area (TPSA) is 71.5 Å². The van der Waals surface area contributed by atoms with Gasteiger partial charge in [-0.05, 0) is 62.1 Å². The Kier molecular flexibility index (Phi) is 8.04. The first-order valence-electron chi connectivity index (χ1n) is 12.3. The van der Waals surface area contributed by atoms with Crippen LogP contribution in [0.25, 0.3) is 0 Å². The summed E-state index contributed by atoms with van der Waals surface area (Å²) < 4.78 is 33.2. The van der Waals surface area contributed by atoms with E-state index in [1.165, 1.54) is 11.8 Å². The molecule has 2 heterocycles. The molecule has 0 radical (unpaired) electrons. The zero-order chi connectivity index (χ0) is 23.3. The van der Waals surface area contributed by atoms with Gasteiger partial charge in [0.2, 0.25) is 10.0 Å². The minimum Gasteiger partial charge on any atom is -0.378 e. The van der Waals surface area contributed by atoms with E-state index >= 15 is 0 Å². The lowest BCUT2D eigenvalue weighted by Gasteiger charge is -2.40. The molecule has 2 fully saturated rings. The Labute approximate surface area is 198 Å². The Balaban J connectivity index is 1.37. The standard InChI is InChI=1S/C26H37N3O3S/c1-3-23-10-7-11-26(27-23)29-17-16-25(28-33(2,30)31)22(18-29)19-32-24-14-12-21(13-15-24)20-8-5-4-6-9-20/h4-11,21-22,24-25,28H,3,12-19H2,1-2H3/t21-,22-,24+,25-/m0/s1. The molecule has 33 heavy (non-hydrogen) atoms. The quantitative estimate of drug-likeness (QED) is 0.627. The minimum atomic E-state index is -3.27. The number of hydrogen-bond acceptors (Lipinski definition) is 5.